The fraction of sp³-hybridized carbons (Fsp3) is 0.318. The van der Waals surface area contributed by atoms with E-state index in [-0.39, 0.29) is 12.0 Å². The van der Waals surface area contributed by atoms with E-state index < -0.39 is 0 Å². The first kappa shape index (κ1) is 18.2. The van der Waals surface area contributed by atoms with Crippen LogP contribution in [0.25, 0.3) is 0 Å². The second-order valence-corrected chi connectivity index (χ2v) is 7.10. The fourth-order valence-electron chi connectivity index (χ4n) is 3.81. The van der Waals surface area contributed by atoms with E-state index in [1.807, 2.05) is 25.3 Å². The number of carbonyl (C=O) groups is 1. The van der Waals surface area contributed by atoms with Crippen molar-refractivity contribution in [1.82, 2.24) is 14.8 Å². The van der Waals surface area contributed by atoms with Crippen LogP contribution < -0.4 is 5.32 Å². The second-order valence-electron chi connectivity index (χ2n) is 7.10. The quantitative estimate of drug-likeness (QED) is 0.684. The van der Waals surface area contributed by atoms with Crippen LogP contribution in [0, 0.1) is 6.92 Å². The molecule has 2 heterocycles. The van der Waals surface area contributed by atoms with Crippen LogP contribution in [0.3, 0.4) is 0 Å². The summed E-state index contributed by atoms with van der Waals surface area (Å²) in [5, 5.41) is 8.17. The lowest BCUT2D eigenvalue weighted by Crippen LogP contribution is -2.19. The number of hydrogen-bond donors (Lipinski definition) is 1. The molecule has 0 radical (unpaired) electrons. The van der Waals surface area contributed by atoms with Crippen molar-refractivity contribution in [2.45, 2.75) is 38.8 Å². The summed E-state index contributed by atoms with van der Waals surface area (Å²) >= 11 is 0. The van der Waals surface area contributed by atoms with Crippen molar-refractivity contribution in [2.24, 2.45) is 0 Å². The number of nitrogens with zero attached hydrogens (tertiary/aromatic N) is 3. The standard InChI is InChI=1S/C22H24N4O2/c1-15-17(22(27)28-2)11-12-21(24-15)25-19-9-6-10-20-18(19)13-23-26(20)14-16-7-4-3-5-8-16/h3-5,7-8,11-13,19H,6,9-10,14H2,1-2H3,(H,24,25). The average Bonchev–Trinajstić information content (AvgIpc) is 3.12. The molecule has 1 N–H and O–H groups in total. The fourth-order valence-corrected chi connectivity index (χ4v) is 3.81. The Morgan fingerprint density at radius 1 is 1.25 bits per heavy atom. The monoisotopic (exact) mass is 376 g/mol. The van der Waals surface area contributed by atoms with E-state index in [1.54, 1.807) is 6.07 Å². The SMILES string of the molecule is COC(=O)c1ccc(NC2CCCc3c2cnn3Cc2ccccc2)nc1C. The highest BCUT2D eigenvalue weighted by Crippen LogP contribution is 2.32. The lowest BCUT2D eigenvalue weighted by Gasteiger charge is -2.25. The molecule has 0 bridgehead atoms. The maximum atomic E-state index is 11.8. The van der Waals surface area contributed by atoms with Gasteiger partial charge >= 0.3 is 5.97 Å². The van der Waals surface area contributed by atoms with Gasteiger partial charge in [0.25, 0.3) is 0 Å². The van der Waals surface area contributed by atoms with Crippen molar-refractivity contribution in [2.75, 3.05) is 12.4 Å². The van der Waals surface area contributed by atoms with Crippen LogP contribution in [0.1, 0.15) is 51.8 Å². The minimum absolute atomic E-state index is 0.171. The van der Waals surface area contributed by atoms with Crippen molar-refractivity contribution in [3.8, 4) is 0 Å². The summed E-state index contributed by atoms with van der Waals surface area (Å²) in [6.45, 7) is 2.61. The molecule has 1 aliphatic rings. The molecule has 144 valence electrons. The Labute approximate surface area is 164 Å². The molecule has 0 spiro atoms. The van der Waals surface area contributed by atoms with Gasteiger partial charge in [-0.15, -0.1) is 0 Å². The molecule has 6 heteroatoms. The van der Waals surface area contributed by atoms with Crippen LogP contribution in [0.5, 0.6) is 0 Å². The molecule has 0 saturated carbocycles. The summed E-state index contributed by atoms with van der Waals surface area (Å²) in [7, 11) is 1.38. The van der Waals surface area contributed by atoms with Crippen LogP contribution in [-0.2, 0) is 17.7 Å². The molecule has 3 aromatic rings. The maximum absolute atomic E-state index is 11.8. The van der Waals surface area contributed by atoms with Gasteiger partial charge in [-0.3, -0.25) is 4.68 Å². The minimum atomic E-state index is -0.362. The zero-order chi connectivity index (χ0) is 19.5. The van der Waals surface area contributed by atoms with Gasteiger partial charge in [-0.1, -0.05) is 30.3 Å². The summed E-state index contributed by atoms with van der Waals surface area (Å²) in [6.07, 6.45) is 5.15. The minimum Gasteiger partial charge on any atom is -0.465 e. The molecule has 6 nitrogen and oxygen atoms in total. The molecular formula is C22H24N4O2. The van der Waals surface area contributed by atoms with Gasteiger partial charge in [-0.25, -0.2) is 9.78 Å². The number of benzene rings is 1. The Bertz CT molecular complexity index is 981. The van der Waals surface area contributed by atoms with Gasteiger partial charge in [0.1, 0.15) is 5.82 Å². The molecule has 0 aliphatic heterocycles. The zero-order valence-electron chi connectivity index (χ0n) is 16.2. The molecule has 1 unspecified atom stereocenters. The smallest absolute Gasteiger partial charge is 0.339 e. The average molecular weight is 376 g/mol. The Morgan fingerprint density at radius 3 is 2.82 bits per heavy atom. The molecule has 1 aliphatic carbocycles. The summed E-state index contributed by atoms with van der Waals surface area (Å²) in [4.78, 5) is 16.3. The van der Waals surface area contributed by atoms with Crippen molar-refractivity contribution >= 4 is 11.8 Å². The topological polar surface area (TPSA) is 69.0 Å². The first-order chi connectivity index (χ1) is 13.7. The van der Waals surface area contributed by atoms with Crippen LogP contribution in [0.2, 0.25) is 0 Å². The molecule has 1 atom stereocenters. The number of rotatable bonds is 5. The highest BCUT2D eigenvalue weighted by atomic mass is 16.5. The van der Waals surface area contributed by atoms with Crippen LogP contribution in [-0.4, -0.2) is 27.8 Å². The van der Waals surface area contributed by atoms with Crippen LogP contribution in [0.15, 0.2) is 48.7 Å². The number of methoxy groups -OCH3 is 1. The number of aromatic nitrogens is 3. The number of anilines is 1. The zero-order valence-corrected chi connectivity index (χ0v) is 16.2. The highest BCUT2D eigenvalue weighted by Gasteiger charge is 2.25. The third-order valence-electron chi connectivity index (χ3n) is 5.25. The molecule has 4 rings (SSSR count). The molecule has 1 aromatic carbocycles. The Hall–Kier alpha value is -3.15. The first-order valence-corrected chi connectivity index (χ1v) is 9.56. The van der Waals surface area contributed by atoms with Gasteiger partial charge in [-0.2, -0.15) is 5.10 Å². The Kier molecular flexibility index (Phi) is 5.10. The highest BCUT2D eigenvalue weighted by molar-refractivity contribution is 5.90. The Morgan fingerprint density at radius 2 is 2.07 bits per heavy atom. The molecule has 2 aromatic heterocycles. The summed E-state index contributed by atoms with van der Waals surface area (Å²) in [5.41, 5.74) is 4.93. The number of nitrogens with one attached hydrogen (secondary N) is 1. The predicted octanol–water partition coefficient (Wildman–Crippen LogP) is 3.91. The van der Waals surface area contributed by atoms with E-state index in [2.05, 4.69) is 44.3 Å². The predicted molar refractivity (Wildman–Crippen MR) is 107 cm³/mol. The second kappa shape index (κ2) is 7.84. The van der Waals surface area contributed by atoms with E-state index in [0.717, 1.165) is 31.6 Å². The maximum Gasteiger partial charge on any atom is 0.339 e. The summed E-state index contributed by atoms with van der Waals surface area (Å²) in [5.74, 6) is 0.400. The Balaban J connectivity index is 1.54. The largest absolute Gasteiger partial charge is 0.465 e. The van der Waals surface area contributed by atoms with E-state index in [9.17, 15) is 4.79 Å². The summed E-state index contributed by atoms with van der Waals surface area (Å²) in [6, 6.07) is 14.2. The van der Waals surface area contributed by atoms with Crippen LogP contribution >= 0.6 is 0 Å². The number of aryl methyl sites for hydroxylation is 1. The van der Waals surface area contributed by atoms with E-state index in [4.69, 9.17) is 4.74 Å². The van der Waals surface area contributed by atoms with E-state index in [0.29, 0.717) is 11.3 Å². The third kappa shape index (κ3) is 3.63. The number of esters is 1. The first-order valence-electron chi connectivity index (χ1n) is 9.56. The lowest BCUT2D eigenvalue weighted by molar-refractivity contribution is 0.0599. The normalized spacial score (nSPS) is 15.7. The summed E-state index contributed by atoms with van der Waals surface area (Å²) < 4.78 is 6.90. The number of pyridine rings is 1. The number of hydrogen-bond acceptors (Lipinski definition) is 5. The van der Waals surface area contributed by atoms with Gasteiger partial charge in [0, 0.05) is 11.3 Å². The van der Waals surface area contributed by atoms with Gasteiger partial charge in [-0.05, 0) is 43.9 Å². The molecule has 0 fully saturated rings. The molecule has 0 saturated heterocycles. The number of fused-ring (bicyclic) bond motifs is 1. The van der Waals surface area contributed by atoms with Crippen LogP contribution in [0.4, 0.5) is 5.82 Å². The van der Waals surface area contributed by atoms with Crippen molar-refractivity contribution in [3.63, 3.8) is 0 Å². The lowest BCUT2D eigenvalue weighted by atomic mass is 9.93. The van der Waals surface area contributed by atoms with Gasteiger partial charge in [0.15, 0.2) is 0 Å². The van der Waals surface area contributed by atoms with Crippen molar-refractivity contribution < 1.29 is 9.53 Å². The van der Waals surface area contributed by atoms with Crippen molar-refractivity contribution in [3.05, 3.63) is 76.7 Å². The number of ether oxygens (including phenoxy) is 1. The molecule has 28 heavy (non-hydrogen) atoms. The van der Waals surface area contributed by atoms with Gasteiger partial charge in [0.05, 0.1) is 37.2 Å². The third-order valence-corrected chi connectivity index (χ3v) is 5.25. The molecule has 0 amide bonds. The van der Waals surface area contributed by atoms with Gasteiger partial charge < -0.3 is 10.1 Å². The van der Waals surface area contributed by atoms with E-state index >= 15 is 0 Å². The van der Waals surface area contributed by atoms with E-state index in [1.165, 1.54) is 23.9 Å². The molecular weight excluding hydrogens is 352 g/mol. The number of carbonyl (C=O) groups excluding carboxylic acids is 1. The van der Waals surface area contributed by atoms with Gasteiger partial charge in [0.2, 0.25) is 0 Å². The van der Waals surface area contributed by atoms with Crippen molar-refractivity contribution in [1.29, 1.82) is 0 Å².